The van der Waals surface area contributed by atoms with Gasteiger partial charge in [-0.05, 0) is 6.92 Å². The molecule has 0 bridgehead atoms. The fourth-order valence-corrected chi connectivity index (χ4v) is 1.25. The maximum Gasteiger partial charge on any atom is 0.338 e. The molecule has 0 spiro atoms. The second kappa shape index (κ2) is 3.23. The minimum absolute atomic E-state index is 0.0501. The van der Waals surface area contributed by atoms with Gasteiger partial charge in [0.1, 0.15) is 5.78 Å². The SMILES string of the molecule is COC(=O)[C@]1(C)CC(=O)CCO1. The van der Waals surface area contributed by atoms with E-state index in [4.69, 9.17) is 4.74 Å². The van der Waals surface area contributed by atoms with Gasteiger partial charge in [0.15, 0.2) is 5.60 Å². The highest BCUT2D eigenvalue weighted by molar-refractivity contribution is 5.89. The molecule has 0 amide bonds. The lowest BCUT2D eigenvalue weighted by Crippen LogP contribution is -2.45. The van der Waals surface area contributed by atoms with Crippen molar-refractivity contribution in [3.63, 3.8) is 0 Å². The third-order valence-corrected chi connectivity index (χ3v) is 1.95. The zero-order valence-corrected chi connectivity index (χ0v) is 7.25. The van der Waals surface area contributed by atoms with Crippen molar-refractivity contribution in [1.29, 1.82) is 0 Å². The third kappa shape index (κ3) is 1.64. The van der Waals surface area contributed by atoms with Gasteiger partial charge >= 0.3 is 5.97 Å². The first-order valence-electron chi connectivity index (χ1n) is 3.82. The van der Waals surface area contributed by atoms with Crippen molar-refractivity contribution in [1.82, 2.24) is 0 Å². The maximum atomic E-state index is 11.1. The molecule has 4 heteroatoms. The van der Waals surface area contributed by atoms with E-state index in [2.05, 4.69) is 4.74 Å². The molecule has 0 radical (unpaired) electrons. The average molecular weight is 172 g/mol. The molecule has 1 rings (SSSR count). The number of methoxy groups -OCH3 is 1. The Morgan fingerprint density at radius 2 is 2.33 bits per heavy atom. The van der Waals surface area contributed by atoms with Crippen molar-refractivity contribution in [2.24, 2.45) is 0 Å². The number of carbonyl (C=O) groups is 2. The van der Waals surface area contributed by atoms with E-state index in [1.807, 2.05) is 0 Å². The number of hydrogen-bond acceptors (Lipinski definition) is 4. The molecule has 0 N–H and O–H groups in total. The van der Waals surface area contributed by atoms with E-state index in [9.17, 15) is 9.59 Å². The summed E-state index contributed by atoms with van der Waals surface area (Å²) in [5.74, 6) is -0.426. The van der Waals surface area contributed by atoms with Crippen LogP contribution in [0.5, 0.6) is 0 Å². The van der Waals surface area contributed by atoms with Crippen LogP contribution >= 0.6 is 0 Å². The second-order valence-corrected chi connectivity index (χ2v) is 3.04. The molecular weight excluding hydrogens is 160 g/mol. The van der Waals surface area contributed by atoms with Crippen LogP contribution in [0.3, 0.4) is 0 Å². The molecule has 12 heavy (non-hydrogen) atoms. The maximum absolute atomic E-state index is 11.1. The lowest BCUT2D eigenvalue weighted by Gasteiger charge is -2.29. The summed E-state index contributed by atoms with van der Waals surface area (Å²) in [6.45, 7) is 1.89. The fraction of sp³-hybridized carbons (Fsp3) is 0.750. The van der Waals surface area contributed by atoms with Crippen LogP contribution in [0.4, 0.5) is 0 Å². The molecule has 0 aromatic heterocycles. The molecule has 1 aliphatic rings. The summed E-state index contributed by atoms with van der Waals surface area (Å²) < 4.78 is 9.72. The highest BCUT2D eigenvalue weighted by Crippen LogP contribution is 2.23. The predicted octanol–water partition coefficient (Wildman–Crippen LogP) is 0.298. The molecule has 1 saturated heterocycles. The summed E-state index contributed by atoms with van der Waals surface area (Å²) >= 11 is 0. The minimum Gasteiger partial charge on any atom is -0.467 e. The molecule has 4 nitrogen and oxygen atoms in total. The summed E-state index contributed by atoms with van der Waals surface area (Å²) in [5, 5.41) is 0. The van der Waals surface area contributed by atoms with Crippen LogP contribution in [0.1, 0.15) is 19.8 Å². The smallest absolute Gasteiger partial charge is 0.338 e. The summed E-state index contributed by atoms with van der Waals surface area (Å²) in [7, 11) is 1.29. The van der Waals surface area contributed by atoms with E-state index < -0.39 is 11.6 Å². The van der Waals surface area contributed by atoms with Crippen molar-refractivity contribution >= 4 is 11.8 Å². The van der Waals surface area contributed by atoms with Crippen LogP contribution in [0.15, 0.2) is 0 Å². The monoisotopic (exact) mass is 172 g/mol. The lowest BCUT2D eigenvalue weighted by atomic mass is 9.95. The first-order valence-corrected chi connectivity index (χ1v) is 3.82. The number of ether oxygens (including phenoxy) is 2. The van der Waals surface area contributed by atoms with Crippen molar-refractivity contribution in [3.05, 3.63) is 0 Å². The van der Waals surface area contributed by atoms with Crippen molar-refractivity contribution in [3.8, 4) is 0 Å². The van der Waals surface area contributed by atoms with Crippen molar-refractivity contribution in [2.75, 3.05) is 13.7 Å². The Kier molecular flexibility index (Phi) is 2.47. The van der Waals surface area contributed by atoms with E-state index in [0.29, 0.717) is 13.0 Å². The van der Waals surface area contributed by atoms with Crippen molar-refractivity contribution in [2.45, 2.75) is 25.4 Å². The largest absolute Gasteiger partial charge is 0.467 e. The number of esters is 1. The fourth-order valence-electron chi connectivity index (χ4n) is 1.25. The van der Waals surface area contributed by atoms with Gasteiger partial charge in [-0.25, -0.2) is 4.79 Å². The molecule has 0 unspecified atom stereocenters. The van der Waals surface area contributed by atoms with Gasteiger partial charge in [0.2, 0.25) is 0 Å². The average Bonchev–Trinajstić information content (AvgIpc) is 2.02. The highest BCUT2D eigenvalue weighted by Gasteiger charge is 2.40. The standard InChI is InChI=1S/C8H12O4/c1-8(7(10)11-2)5-6(9)3-4-12-8/h3-5H2,1-2H3/t8-/m0/s1. The van der Waals surface area contributed by atoms with Gasteiger partial charge in [-0.2, -0.15) is 0 Å². The Balaban J connectivity index is 2.69. The Hall–Kier alpha value is -0.900. The lowest BCUT2D eigenvalue weighted by molar-refractivity contribution is -0.175. The van der Waals surface area contributed by atoms with Crippen LogP contribution in [0.2, 0.25) is 0 Å². The summed E-state index contributed by atoms with van der Waals surface area (Å²) in [5.41, 5.74) is -1.05. The minimum atomic E-state index is -1.05. The van der Waals surface area contributed by atoms with E-state index in [0.717, 1.165) is 0 Å². The van der Waals surface area contributed by atoms with Crippen LogP contribution in [0.25, 0.3) is 0 Å². The summed E-state index contributed by atoms with van der Waals surface area (Å²) in [6, 6.07) is 0. The van der Waals surface area contributed by atoms with E-state index >= 15 is 0 Å². The summed E-state index contributed by atoms with van der Waals surface area (Å²) in [4.78, 5) is 22.1. The molecule has 1 fully saturated rings. The molecule has 1 atom stereocenters. The number of Topliss-reactive ketones (excluding diaryl/α,β-unsaturated/α-hetero) is 1. The number of carbonyl (C=O) groups excluding carboxylic acids is 2. The molecule has 0 aliphatic carbocycles. The second-order valence-electron chi connectivity index (χ2n) is 3.04. The van der Waals surface area contributed by atoms with Crippen LogP contribution < -0.4 is 0 Å². The Morgan fingerprint density at radius 1 is 1.67 bits per heavy atom. The molecule has 68 valence electrons. The van der Waals surface area contributed by atoms with Gasteiger partial charge in [0, 0.05) is 12.8 Å². The van der Waals surface area contributed by atoms with Crippen LogP contribution in [-0.2, 0) is 19.1 Å². The zero-order chi connectivity index (χ0) is 9.19. The molecule has 0 aromatic rings. The van der Waals surface area contributed by atoms with Gasteiger partial charge in [0.25, 0.3) is 0 Å². The van der Waals surface area contributed by atoms with E-state index in [1.165, 1.54) is 7.11 Å². The van der Waals surface area contributed by atoms with Crippen LogP contribution in [0, 0.1) is 0 Å². The Morgan fingerprint density at radius 3 is 2.83 bits per heavy atom. The quantitative estimate of drug-likeness (QED) is 0.534. The normalized spacial score (nSPS) is 30.0. The topological polar surface area (TPSA) is 52.6 Å². The van der Waals surface area contributed by atoms with E-state index in [1.54, 1.807) is 6.92 Å². The Bertz CT molecular complexity index is 211. The molecule has 0 aromatic carbocycles. The molecule has 0 saturated carbocycles. The van der Waals surface area contributed by atoms with Crippen molar-refractivity contribution < 1.29 is 19.1 Å². The van der Waals surface area contributed by atoms with Gasteiger partial charge in [-0.1, -0.05) is 0 Å². The third-order valence-electron chi connectivity index (χ3n) is 1.95. The number of hydrogen-bond donors (Lipinski definition) is 0. The molecule has 1 aliphatic heterocycles. The highest BCUT2D eigenvalue weighted by atomic mass is 16.6. The number of ketones is 1. The molecular formula is C8H12O4. The van der Waals surface area contributed by atoms with Gasteiger partial charge in [-0.3, -0.25) is 4.79 Å². The first kappa shape index (κ1) is 9.19. The predicted molar refractivity (Wildman–Crippen MR) is 40.6 cm³/mol. The zero-order valence-electron chi connectivity index (χ0n) is 7.25. The van der Waals surface area contributed by atoms with Crippen LogP contribution in [-0.4, -0.2) is 31.1 Å². The van der Waals surface area contributed by atoms with E-state index in [-0.39, 0.29) is 12.2 Å². The molecule has 1 heterocycles. The van der Waals surface area contributed by atoms with Gasteiger partial charge in [0.05, 0.1) is 13.7 Å². The number of rotatable bonds is 1. The Labute approximate surface area is 70.8 Å². The van der Waals surface area contributed by atoms with Gasteiger partial charge < -0.3 is 9.47 Å². The first-order chi connectivity index (χ1) is 5.58. The summed E-state index contributed by atoms with van der Waals surface area (Å²) in [6.07, 6.45) is 0.520. The van der Waals surface area contributed by atoms with Gasteiger partial charge in [-0.15, -0.1) is 0 Å².